The van der Waals surface area contributed by atoms with Crippen molar-refractivity contribution in [3.05, 3.63) is 0 Å². The van der Waals surface area contributed by atoms with Crippen molar-refractivity contribution in [2.45, 2.75) is 39.5 Å². The van der Waals surface area contributed by atoms with Gasteiger partial charge in [-0.05, 0) is 0 Å². The van der Waals surface area contributed by atoms with Crippen LogP contribution in [0.5, 0.6) is 0 Å². The molecule has 40 valence electrons. The van der Waals surface area contributed by atoms with Crippen molar-refractivity contribution in [3.63, 3.8) is 0 Å². The van der Waals surface area contributed by atoms with Gasteiger partial charge in [0, 0.05) is 37.7 Å². The van der Waals surface area contributed by atoms with Crippen molar-refractivity contribution in [2.24, 2.45) is 0 Å². The van der Waals surface area contributed by atoms with Crippen molar-refractivity contribution in [1.29, 1.82) is 0 Å². The summed E-state index contributed by atoms with van der Waals surface area (Å²) in [5.74, 6) is 0. The number of unbranched alkanes of at least 4 members (excludes halogenated alkanes) is 3. The summed E-state index contributed by atoms with van der Waals surface area (Å²) < 4.78 is 0. The largest absolute Gasteiger partial charge is 0.0654 e. The van der Waals surface area contributed by atoms with Gasteiger partial charge in [-0.25, -0.2) is 0 Å². The summed E-state index contributed by atoms with van der Waals surface area (Å²) in [6.07, 6.45) is 5.54. The number of hydrogen-bond donors (Lipinski definition) is 0. The molecule has 0 amide bonds. The van der Waals surface area contributed by atoms with E-state index in [1.54, 1.807) is 0 Å². The van der Waals surface area contributed by atoms with Crippen LogP contribution in [0.15, 0.2) is 0 Å². The summed E-state index contributed by atoms with van der Waals surface area (Å²) in [5.41, 5.74) is 0. The minimum Gasteiger partial charge on any atom is -0.0654 e. The van der Waals surface area contributed by atoms with E-state index < -0.39 is 0 Å². The molecule has 0 fully saturated rings. The van der Waals surface area contributed by atoms with Crippen LogP contribution in [0, 0.1) is 0 Å². The molecular formula is C6H14Ca. The first kappa shape index (κ1) is 11.1. The molecule has 0 heterocycles. The van der Waals surface area contributed by atoms with Crippen LogP contribution in [0.1, 0.15) is 39.5 Å². The molecule has 0 aromatic heterocycles. The van der Waals surface area contributed by atoms with Crippen LogP contribution >= 0.6 is 0 Å². The summed E-state index contributed by atoms with van der Waals surface area (Å²) in [7, 11) is 0. The van der Waals surface area contributed by atoms with Gasteiger partial charge in [-0.2, -0.15) is 0 Å². The summed E-state index contributed by atoms with van der Waals surface area (Å²) >= 11 is 0. The van der Waals surface area contributed by atoms with E-state index in [4.69, 9.17) is 0 Å². The predicted octanol–water partition coefficient (Wildman–Crippen LogP) is 2.21. The Kier molecular flexibility index (Phi) is 16.3. The van der Waals surface area contributed by atoms with E-state index in [9.17, 15) is 0 Å². The minimum atomic E-state index is 0. The summed E-state index contributed by atoms with van der Waals surface area (Å²) in [6.45, 7) is 4.46. The average Bonchev–Trinajstić information content (AvgIpc) is 1.61. The Labute approximate surface area is 76.7 Å². The van der Waals surface area contributed by atoms with Gasteiger partial charge in [0.15, 0.2) is 0 Å². The molecule has 0 aliphatic heterocycles. The van der Waals surface area contributed by atoms with Crippen molar-refractivity contribution in [2.75, 3.05) is 0 Å². The van der Waals surface area contributed by atoms with Crippen LogP contribution in [0.4, 0.5) is 0 Å². The SMILES string of the molecule is CCCCCC.[Ca]. The predicted molar refractivity (Wildman–Crippen MR) is 35.6 cm³/mol. The molecular weight excluding hydrogens is 112 g/mol. The van der Waals surface area contributed by atoms with Gasteiger partial charge >= 0.3 is 0 Å². The first-order valence-corrected chi connectivity index (χ1v) is 2.91. The van der Waals surface area contributed by atoms with E-state index in [0.717, 1.165) is 0 Å². The summed E-state index contributed by atoms with van der Waals surface area (Å²) in [5, 5.41) is 0. The first-order valence-electron chi connectivity index (χ1n) is 2.91. The molecule has 0 saturated heterocycles. The zero-order valence-electron chi connectivity index (χ0n) is 5.54. The summed E-state index contributed by atoms with van der Waals surface area (Å²) in [4.78, 5) is 0. The quantitative estimate of drug-likeness (QED) is 0.402. The Morgan fingerprint density at radius 1 is 0.857 bits per heavy atom. The van der Waals surface area contributed by atoms with Gasteiger partial charge in [0.2, 0.25) is 0 Å². The van der Waals surface area contributed by atoms with Crippen LogP contribution in [-0.2, 0) is 0 Å². The maximum absolute atomic E-state index is 2.23. The monoisotopic (exact) mass is 126 g/mol. The van der Waals surface area contributed by atoms with Gasteiger partial charge in [-0.15, -0.1) is 0 Å². The van der Waals surface area contributed by atoms with E-state index >= 15 is 0 Å². The van der Waals surface area contributed by atoms with Crippen LogP contribution in [-0.4, -0.2) is 37.7 Å². The zero-order chi connectivity index (χ0) is 4.83. The zero-order valence-corrected chi connectivity index (χ0v) is 7.74. The minimum absolute atomic E-state index is 0. The second-order valence-electron chi connectivity index (χ2n) is 1.71. The van der Waals surface area contributed by atoms with Crippen LogP contribution < -0.4 is 0 Å². The topological polar surface area (TPSA) is 0 Å². The van der Waals surface area contributed by atoms with Gasteiger partial charge in [-0.1, -0.05) is 39.5 Å². The Balaban J connectivity index is 0. The smallest absolute Gasteiger partial charge is 0 e. The Hall–Kier alpha value is 1.26. The third-order valence-electron chi connectivity index (χ3n) is 0.957. The maximum Gasteiger partial charge on any atom is 0 e. The van der Waals surface area contributed by atoms with Crippen LogP contribution in [0.2, 0.25) is 0 Å². The molecule has 1 heteroatoms. The normalized spacial score (nSPS) is 7.71. The fraction of sp³-hybridized carbons (Fsp3) is 1.00. The second kappa shape index (κ2) is 10.3. The fourth-order valence-electron chi connectivity index (χ4n) is 0.500. The van der Waals surface area contributed by atoms with Crippen molar-refractivity contribution in [3.8, 4) is 0 Å². The van der Waals surface area contributed by atoms with Crippen LogP contribution in [0.25, 0.3) is 0 Å². The molecule has 0 saturated carbocycles. The van der Waals surface area contributed by atoms with Gasteiger partial charge in [0.25, 0.3) is 0 Å². The van der Waals surface area contributed by atoms with E-state index in [1.807, 2.05) is 0 Å². The molecule has 2 radical (unpaired) electrons. The maximum atomic E-state index is 2.23. The first-order chi connectivity index (χ1) is 2.91. The molecule has 0 nitrogen and oxygen atoms in total. The molecule has 0 unspecified atom stereocenters. The Morgan fingerprint density at radius 2 is 1.14 bits per heavy atom. The van der Waals surface area contributed by atoms with E-state index in [-0.39, 0.29) is 37.7 Å². The van der Waals surface area contributed by atoms with Crippen LogP contribution in [0.3, 0.4) is 0 Å². The molecule has 7 heavy (non-hydrogen) atoms. The van der Waals surface area contributed by atoms with Gasteiger partial charge in [0.1, 0.15) is 0 Å². The van der Waals surface area contributed by atoms with Gasteiger partial charge in [-0.3, -0.25) is 0 Å². The molecule has 0 spiro atoms. The van der Waals surface area contributed by atoms with Crippen molar-refractivity contribution >= 4 is 37.7 Å². The second-order valence-corrected chi connectivity index (χ2v) is 1.71. The molecule has 0 aliphatic rings. The molecule has 0 aliphatic carbocycles. The Bertz CT molecular complexity index is 16.1. The third-order valence-corrected chi connectivity index (χ3v) is 0.957. The number of hydrogen-bond acceptors (Lipinski definition) is 0. The van der Waals surface area contributed by atoms with Crippen molar-refractivity contribution < 1.29 is 0 Å². The standard InChI is InChI=1S/C6H14.Ca/c1-3-5-6-4-2;/h3-6H2,1-2H3;. The average molecular weight is 126 g/mol. The molecule has 0 aromatic rings. The third kappa shape index (κ3) is 11.1. The van der Waals surface area contributed by atoms with E-state index in [2.05, 4.69) is 13.8 Å². The molecule has 0 N–H and O–H groups in total. The molecule has 0 rings (SSSR count). The van der Waals surface area contributed by atoms with E-state index in [1.165, 1.54) is 25.7 Å². The summed E-state index contributed by atoms with van der Waals surface area (Å²) in [6, 6.07) is 0. The Morgan fingerprint density at radius 3 is 1.29 bits per heavy atom. The molecule has 0 bridgehead atoms. The van der Waals surface area contributed by atoms with E-state index in [0.29, 0.717) is 0 Å². The number of rotatable bonds is 3. The van der Waals surface area contributed by atoms with Gasteiger partial charge < -0.3 is 0 Å². The molecule has 0 aromatic carbocycles. The van der Waals surface area contributed by atoms with Crippen molar-refractivity contribution in [1.82, 2.24) is 0 Å². The fourth-order valence-corrected chi connectivity index (χ4v) is 0.500. The molecule has 0 atom stereocenters. The van der Waals surface area contributed by atoms with Gasteiger partial charge in [0.05, 0.1) is 0 Å².